The van der Waals surface area contributed by atoms with Crippen molar-refractivity contribution in [1.29, 1.82) is 0 Å². The number of carboxylic acids is 1. The number of carbonyl (C=O) groups excluding carboxylic acids is 1. The third kappa shape index (κ3) is 34.6. The molecule has 0 saturated heterocycles. The van der Waals surface area contributed by atoms with E-state index in [-0.39, 0.29) is 12.4 Å². The Balaban J connectivity index is 3.67. The average molecular weight is 617 g/mol. The molecule has 0 aliphatic rings. The Kier molecular flexibility index (Phi) is 34.1. The fourth-order valence-electron chi connectivity index (χ4n) is 5.63. The minimum Gasteiger partial charge on any atom is -0.481 e. The van der Waals surface area contributed by atoms with E-state index in [4.69, 9.17) is 4.74 Å². The van der Waals surface area contributed by atoms with Crippen molar-refractivity contribution in [3.05, 3.63) is 36.5 Å². The first-order chi connectivity index (χ1) is 21.6. The molecule has 1 N–H and O–H groups in total. The Morgan fingerprint density at radius 2 is 0.977 bits per heavy atom. The molecule has 1 unspecified atom stereocenters. The number of carbonyl (C=O) groups is 2. The summed E-state index contributed by atoms with van der Waals surface area (Å²) in [6.45, 7) is 4.43. The zero-order valence-corrected chi connectivity index (χ0v) is 29.2. The summed E-state index contributed by atoms with van der Waals surface area (Å²) in [6.07, 6.45) is 45.9. The molecule has 256 valence electrons. The fourth-order valence-corrected chi connectivity index (χ4v) is 5.63. The topological polar surface area (TPSA) is 63.6 Å². The predicted molar refractivity (Wildman–Crippen MR) is 190 cm³/mol. The lowest BCUT2D eigenvalue weighted by molar-refractivity contribution is -0.153. The summed E-state index contributed by atoms with van der Waals surface area (Å²) >= 11 is 0. The molecule has 0 heterocycles. The van der Waals surface area contributed by atoms with Gasteiger partial charge in [-0.3, -0.25) is 9.59 Å². The zero-order valence-electron chi connectivity index (χ0n) is 29.2. The number of hydrogen-bond donors (Lipinski definition) is 1. The maximum atomic E-state index is 12.3. The second kappa shape index (κ2) is 35.6. The molecule has 1 atom stereocenters. The largest absolute Gasteiger partial charge is 0.481 e. The van der Waals surface area contributed by atoms with Crippen molar-refractivity contribution in [2.45, 2.75) is 206 Å². The molecule has 44 heavy (non-hydrogen) atoms. The number of allylic oxidation sites excluding steroid dienone is 6. The molecule has 0 radical (unpaired) electrons. The minimum atomic E-state index is -0.883. The number of carboxylic acid groups (broad SMARTS) is 1. The first kappa shape index (κ1) is 42.2. The quantitative estimate of drug-likeness (QED) is 0.0444. The Morgan fingerprint density at radius 3 is 1.48 bits per heavy atom. The summed E-state index contributed by atoms with van der Waals surface area (Å²) in [5.41, 5.74) is 0. The van der Waals surface area contributed by atoms with Gasteiger partial charge in [0, 0.05) is 6.42 Å². The van der Waals surface area contributed by atoms with Gasteiger partial charge in [-0.2, -0.15) is 0 Å². The van der Waals surface area contributed by atoms with Crippen molar-refractivity contribution in [2.24, 2.45) is 0 Å². The van der Waals surface area contributed by atoms with Crippen LogP contribution in [0.4, 0.5) is 0 Å². The number of esters is 1. The molecule has 4 nitrogen and oxygen atoms in total. The summed E-state index contributed by atoms with van der Waals surface area (Å²) in [5, 5.41) is 9.25. The highest BCUT2D eigenvalue weighted by atomic mass is 16.5. The first-order valence-electron chi connectivity index (χ1n) is 19.0. The molecule has 0 aromatic carbocycles. The Morgan fingerprint density at radius 1 is 0.545 bits per heavy atom. The zero-order chi connectivity index (χ0) is 32.2. The second-order valence-electron chi connectivity index (χ2n) is 12.8. The van der Waals surface area contributed by atoms with E-state index >= 15 is 0 Å². The van der Waals surface area contributed by atoms with Crippen LogP contribution in [0.5, 0.6) is 0 Å². The molecule has 0 aromatic heterocycles. The molecule has 0 aliphatic carbocycles. The Bertz CT molecular complexity index is 708. The summed E-state index contributed by atoms with van der Waals surface area (Å²) in [4.78, 5) is 23.6. The van der Waals surface area contributed by atoms with Crippen molar-refractivity contribution < 1.29 is 19.4 Å². The number of unbranched alkanes of at least 4 members (excludes halogenated alkanes) is 21. The van der Waals surface area contributed by atoms with Gasteiger partial charge in [0.25, 0.3) is 0 Å². The van der Waals surface area contributed by atoms with E-state index in [0.29, 0.717) is 12.8 Å². The highest BCUT2D eigenvalue weighted by Gasteiger charge is 2.17. The van der Waals surface area contributed by atoms with Crippen LogP contribution in [0.2, 0.25) is 0 Å². The van der Waals surface area contributed by atoms with Crippen molar-refractivity contribution in [1.82, 2.24) is 0 Å². The lowest BCUT2D eigenvalue weighted by Gasteiger charge is -2.16. The average Bonchev–Trinajstić information content (AvgIpc) is 3.00. The van der Waals surface area contributed by atoms with Gasteiger partial charge in [-0.25, -0.2) is 0 Å². The Hall–Kier alpha value is -1.84. The van der Waals surface area contributed by atoms with Gasteiger partial charge in [0.05, 0.1) is 6.42 Å². The SMILES string of the molecule is CC/C=C\C/C=C\C/C=C\CCCCCCCCCC(=O)OC(CCCCCCCCCCCCCCCCC)CC(=O)O. The summed E-state index contributed by atoms with van der Waals surface area (Å²) in [7, 11) is 0. The summed E-state index contributed by atoms with van der Waals surface area (Å²) < 4.78 is 5.58. The molecule has 0 aliphatic heterocycles. The van der Waals surface area contributed by atoms with Crippen molar-refractivity contribution in [2.75, 3.05) is 0 Å². The van der Waals surface area contributed by atoms with Crippen LogP contribution in [-0.2, 0) is 14.3 Å². The van der Waals surface area contributed by atoms with E-state index in [9.17, 15) is 14.7 Å². The minimum absolute atomic E-state index is 0.0765. The van der Waals surface area contributed by atoms with Gasteiger partial charge in [-0.15, -0.1) is 0 Å². The van der Waals surface area contributed by atoms with Crippen LogP contribution in [0.3, 0.4) is 0 Å². The lowest BCUT2D eigenvalue weighted by atomic mass is 10.0. The lowest BCUT2D eigenvalue weighted by Crippen LogP contribution is -2.21. The smallest absolute Gasteiger partial charge is 0.307 e. The van der Waals surface area contributed by atoms with Crippen molar-refractivity contribution in [3.8, 4) is 0 Å². The molecule has 4 heteroatoms. The van der Waals surface area contributed by atoms with E-state index in [0.717, 1.165) is 57.8 Å². The van der Waals surface area contributed by atoms with Gasteiger partial charge in [0.15, 0.2) is 0 Å². The maximum absolute atomic E-state index is 12.3. The number of rotatable bonds is 34. The van der Waals surface area contributed by atoms with Crippen LogP contribution in [0.15, 0.2) is 36.5 Å². The summed E-state index contributed by atoms with van der Waals surface area (Å²) in [5.74, 6) is -1.11. The molecule has 0 fully saturated rings. The fraction of sp³-hybridized carbons (Fsp3) is 0.800. The molecule has 0 bridgehead atoms. The second-order valence-corrected chi connectivity index (χ2v) is 12.8. The third-order valence-corrected chi connectivity index (χ3v) is 8.36. The van der Waals surface area contributed by atoms with Gasteiger partial charge in [-0.05, 0) is 51.4 Å². The van der Waals surface area contributed by atoms with Crippen LogP contribution in [0, 0.1) is 0 Å². The van der Waals surface area contributed by atoms with Gasteiger partial charge < -0.3 is 9.84 Å². The number of aliphatic carboxylic acids is 1. The van der Waals surface area contributed by atoms with E-state index in [1.807, 2.05) is 0 Å². The Labute approximate surface area is 273 Å². The third-order valence-electron chi connectivity index (χ3n) is 8.36. The van der Waals surface area contributed by atoms with E-state index < -0.39 is 12.1 Å². The molecule has 0 aromatic rings. The molecular formula is C40H72O4. The van der Waals surface area contributed by atoms with Gasteiger partial charge >= 0.3 is 11.9 Å². The molecule has 0 spiro atoms. The molecule has 0 rings (SSSR count). The normalized spacial score (nSPS) is 12.6. The van der Waals surface area contributed by atoms with Crippen LogP contribution in [0.25, 0.3) is 0 Å². The van der Waals surface area contributed by atoms with E-state index in [1.54, 1.807) is 0 Å². The van der Waals surface area contributed by atoms with Crippen LogP contribution in [0.1, 0.15) is 200 Å². The summed E-state index contributed by atoms with van der Waals surface area (Å²) in [6, 6.07) is 0. The molecule has 0 amide bonds. The highest BCUT2D eigenvalue weighted by Crippen LogP contribution is 2.17. The van der Waals surface area contributed by atoms with E-state index in [1.165, 1.54) is 109 Å². The number of ether oxygens (including phenoxy) is 1. The predicted octanol–water partition coefficient (Wildman–Crippen LogP) is 13.0. The van der Waals surface area contributed by atoms with E-state index in [2.05, 4.69) is 50.3 Å². The maximum Gasteiger partial charge on any atom is 0.307 e. The first-order valence-corrected chi connectivity index (χ1v) is 19.0. The van der Waals surface area contributed by atoms with Crippen molar-refractivity contribution in [3.63, 3.8) is 0 Å². The standard InChI is InChI=1S/C40H72O4/c1-3-5-7-9-11-13-15-17-19-20-22-24-26-28-30-32-34-36-40(43)44-38(37-39(41)42)35-33-31-29-27-25-23-21-18-16-14-12-10-8-6-4-2/h5,7,11,13,17,19,38H,3-4,6,8-10,12,14-16,18,20-37H2,1-2H3,(H,41,42)/b7-5-,13-11-,19-17-. The molecular weight excluding hydrogens is 544 g/mol. The van der Waals surface area contributed by atoms with Gasteiger partial charge in [-0.1, -0.05) is 172 Å². The van der Waals surface area contributed by atoms with Crippen LogP contribution >= 0.6 is 0 Å². The monoisotopic (exact) mass is 617 g/mol. The number of hydrogen-bond acceptors (Lipinski definition) is 3. The molecule has 0 saturated carbocycles. The van der Waals surface area contributed by atoms with Gasteiger partial charge in [0.2, 0.25) is 0 Å². The van der Waals surface area contributed by atoms with Crippen LogP contribution < -0.4 is 0 Å². The van der Waals surface area contributed by atoms with Gasteiger partial charge in [0.1, 0.15) is 6.10 Å². The van der Waals surface area contributed by atoms with Crippen LogP contribution in [-0.4, -0.2) is 23.1 Å². The van der Waals surface area contributed by atoms with Crippen molar-refractivity contribution >= 4 is 11.9 Å². The highest BCUT2D eigenvalue weighted by molar-refractivity contribution is 5.71.